The fourth-order valence-electron chi connectivity index (χ4n) is 2.91. The Morgan fingerprint density at radius 3 is 3.11 bits per heavy atom. The molecule has 4 heteroatoms. The van der Waals surface area contributed by atoms with Crippen LogP contribution in [0.5, 0.6) is 0 Å². The maximum Gasteiger partial charge on any atom is 0.124 e. The van der Waals surface area contributed by atoms with Crippen LogP contribution in [-0.4, -0.2) is 41.7 Å². The first-order chi connectivity index (χ1) is 9.38. The lowest BCUT2D eigenvalue weighted by Crippen LogP contribution is -2.36. The zero-order valence-electron chi connectivity index (χ0n) is 11.4. The summed E-state index contributed by atoms with van der Waals surface area (Å²) in [6.45, 7) is 2.92. The Hall–Kier alpha value is -1.39. The summed E-state index contributed by atoms with van der Waals surface area (Å²) < 4.78 is 5.22. The van der Waals surface area contributed by atoms with E-state index in [1.807, 2.05) is 12.1 Å². The van der Waals surface area contributed by atoms with Crippen molar-refractivity contribution in [2.45, 2.75) is 25.3 Å². The highest BCUT2D eigenvalue weighted by Crippen LogP contribution is 2.30. The molecule has 1 N–H and O–H groups in total. The molecule has 1 aromatic carbocycles. The van der Waals surface area contributed by atoms with Crippen LogP contribution in [0.4, 0.5) is 0 Å². The molecule has 0 bridgehead atoms. The molecule has 3 rings (SSSR count). The van der Waals surface area contributed by atoms with Gasteiger partial charge in [-0.3, -0.25) is 4.90 Å². The minimum atomic E-state index is 0.413. The molecular formula is C15H21N3O. The molecule has 0 amide bonds. The minimum absolute atomic E-state index is 0.413. The van der Waals surface area contributed by atoms with E-state index in [4.69, 9.17) is 9.72 Å². The number of nitrogens with zero attached hydrogens (tertiary/aromatic N) is 2. The smallest absolute Gasteiger partial charge is 0.124 e. The van der Waals surface area contributed by atoms with Gasteiger partial charge in [0, 0.05) is 13.7 Å². The zero-order valence-corrected chi connectivity index (χ0v) is 11.4. The van der Waals surface area contributed by atoms with Gasteiger partial charge in [0.1, 0.15) is 5.82 Å². The highest BCUT2D eigenvalue weighted by Gasteiger charge is 2.25. The van der Waals surface area contributed by atoms with Gasteiger partial charge in [-0.15, -0.1) is 0 Å². The number of aromatic nitrogens is 2. The third kappa shape index (κ3) is 2.65. The molecule has 0 spiro atoms. The van der Waals surface area contributed by atoms with E-state index in [1.54, 1.807) is 7.11 Å². The molecule has 19 heavy (non-hydrogen) atoms. The number of nitrogens with one attached hydrogen (secondary N) is 1. The molecule has 1 aliphatic rings. The monoisotopic (exact) mass is 259 g/mol. The number of fused-ring (bicyclic) bond motifs is 1. The number of hydrogen-bond donors (Lipinski definition) is 1. The number of hydrogen-bond acceptors (Lipinski definition) is 3. The Balaban J connectivity index is 1.84. The number of rotatable bonds is 4. The number of imidazole rings is 1. The van der Waals surface area contributed by atoms with Crippen molar-refractivity contribution in [1.29, 1.82) is 0 Å². The van der Waals surface area contributed by atoms with Crippen molar-refractivity contribution < 1.29 is 4.74 Å². The number of ether oxygens (including phenoxy) is 1. The van der Waals surface area contributed by atoms with Gasteiger partial charge in [-0.1, -0.05) is 18.6 Å². The van der Waals surface area contributed by atoms with Crippen molar-refractivity contribution in [1.82, 2.24) is 14.9 Å². The molecule has 1 atom stereocenters. The third-order valence-corrected chi connectivity index (χ3v) is 3.92. The minimum Gasteiger partial charge on any atom is -0.383 e. The molecule has 1 aromatic heterocycles. The lowest BCUT2D eigenvalue weighted by molar-refractivity contribution is 0.0928. The Morgan fingerprint density at radius 1 is 1.37 bits per heavy atom. The Bertz CT molecular complexity index is 504. The largest absolute Gasteiger partial charge is 0.383 e. The van der Waals surface area contributed by atoms with E-state index >= 15 is 0 Å². The van der Waals surface area contributed by atoms with Crippen molar-refractivity contribution in [3.63, 3.8) is 0 Å². The number of piperidine rings is 1. The van der Waals surface area contributed by atoms with Crippen LogP contribution >= 0.6 is 0 Å². The van der Waals surface area contributed by atoms with E-state index < -0.39 is 0 Å². The summed E-state index contributed by atoms with van der Waals surface area (Å²) in [5.41, 5.74) is 2.20. The summed E-state index contributed by atoms with van der Waals surface area (Å²) in [6.07, 6.45) is 3.75. The van der Waals surface area contributed by atoms with Crippen molar-refractivity contribution in [2.75, 3.05) is 26.8 Å². The maximum absolute atomic E-state index is 5.22. The van der Waals surface area contributed by atoms with Crippen LogP contribution in [-0.2, 0) is 4.74 Å². The van der Waals surface area contributed by atoms with Crippen molar-refractivity contribution in [3.05, 3.63) is 30.1 Å². The van der Waals surface area contributed by atoms with Gasteiger partial charge in [0.15, 0.2) is 0 Å². The normalized spacial score (nSPS) is 21.0. The van der Waals surface area contributed by atoms with Crippen LogP contribution in [0.3, 0.4) is 0 Å². The summed E-state index contributed by atoms with van der Waals surface area (Å²) in [4.78, 5) is 10.7. The van der Waals surface area contributed by atoms with Crippen LogP contribution in [0.15, 0.2) is 24.3 Å². The lowest BCUT2D eigenvalue weighted by atomic mass is 10.0. The quantitative estimate of drug-likeness (QED) is 0.918. The Kier molecular flexibility index (Phi) is 3.80. The van der Waals surface area contributed by atoms with E-state index in [9.17, 15) is 0 Å². The highest BCUT2D eigenvalue weighted by atomic mass is 16.5. The molecule has 1 aliphatic heterocycles. The van der Waals surface area contributed by atoms with E-state index in [-0.39, 0.29) is 0 Å². The molecule has 0 aliphatic carbocycles. The van der Waals surface area contributed by atoms with Gasteiger partial charge in [-0.2, -0.15) is 0 Å². The number of H-pyrrole nitrogens is 1. The molecule has 1 fully saturated rings. The van der Waals surface area contributed by atoms with Crippen LogP contribution in [0.1, 0.15) is 31.1 Å². The van der Waals surface area contributed by atoms with Gasteiger partial charge in [0.25, 0.3) is 0 Å². The van der Waals surface area contributed by atoms with Crippen molar-refractivity contribution in [2.24, 2.45) is 0 Å². The summed E-state index contributed by atoms with van der Waals surface area (Å²) in [5.74, 6) is 1.11. The molecule has 0 saturated carbocycles. The molecule has 1 saturated heterocycles. The Morgan fingerprint density at radius 2 is 2.26 bits per heavy atom. The van der Waals surface area contributed by atoms with Crippen LogP contribution in [0.25, 0.3) is 11.0 Å². The molecular weight excluding hydrogens is 238 g/mol. The zero-order chi connectivity index (χ0) is 13.1. The van der Waals surface area contributed by atoms with Crippen LogP contribution in [0.2, 0.25) is 0 Å². The van der Waals surface area contributed by atoms with Gasteiger partial charge >= 0.3 is 0 Å². The first-order valence-corrected chi connectivity index (χ1v) is 7.06. The van der Waals surface area contributed by atoms with Gasteiger partial charge < -0.3 is 9.72 Å². The lowest BCUT2D eigenvalue weighted by Gasteiger charge is -2.34. The predicted octanol–water partition coefficient (Wildman–Crippen LogP) is 2.74. The van der Waals surface area contributed by atoms with Gasteiger partial charge in [0.05, 0.1) is 23.7 Å². The van der Waals surface area contributed by atoms with E-state index in [1.165, 1.54) is 19.3 Å². The molecule has 2 aromatic rings. The van der Waals surface area contributed by atoms with E-state index in [0.29, 0.717) is 6.04 Å². The predicted molar refractivity (Wildman–Crippen MR) is 76.1 cm³/mol. The topological polar surface area (TPSA) is 41.1 Å². The summed E-state index contributed by atoms with van der Waals surface area (Å²) >= 11 is 0. The molecule has 102 valence electrons. The van der Waals surface area contributed by atoms with Crippen LogP contribution in [0, 0.1) is 0 Å². The van der Waals surface area contributed by atoms with E-state index in [2.05, 4.69) is 22.0 Å². The van der Waals surface area contributed by atoms with Gasteiger partial charge in [-0.05, 0) is 31.5 Å². The fraction of sp³-hybridized carbons (Fsp3) is 0.533. The molecule has 2 heterocycles. The number of methoxy groups -OCH3 is 1. The Labute approximate surface area is 113 Å². The molecule has 0 radical (unpaired) electrons. The first kappa shape index (κ1) is 12.6. The van der Waals surface area contributed by atoms with E-state index in [0.717, 1.165) is 36.6 Å². The molecule has 0 unspecified atom stereocenters. The average molecular weight is 259 g/mol. The standard InChI is InChI=1S/C15H21N3O/c1-19-11-10-18-9-5-4-8-14(18)15-16-12-6-2-3-7-13(12)17-15/h2-3,6-7,14H,4-5,8-11H2,1H3,(H,16,17)/t14-/m1/s1. The SMILES string of the molecule is COCCN1CCCC[C@@H]1c1nc2ccccc2[nH]1. The highest BCUT2D eigenvalue weighted by molar-refractivity contribution is 5.74. The number of likely N-dealkylation sites (tertiary alicyclic amines) is 1. The number of benzene rings is 1. The van der Waals surface area contributed by atoms with Crippen molar-refractivity contribution >= 4 is 11.0 Å². The summed E-state index contributed by atoms with van der Waals surface area (Å²) in [6, 6.07) is 8.66. The average Bonchev–Trinajstić information content (AvgIpc) is 2.89. The summed E-state index contributed by atoms with van der Waals surface area (Å²) in [7, 11) is 1.76. The second kappa shape index (κ2) is 5.72. The molecule has 4 nitrogen and oxygen atoms in total. The third-order valence-electron chi connectivity index (χ3n) is 3.92. The van der Waals surface area contributed by atoms with Crippen LogP contribution < -0.4 is 0 Å². The van der Waals surface area contributed by atoms with Crippen molar-refractivity contribution in [3.8, 4) is 0 Å². The maximum atomic E-state index is 5.22. The number of para-hydroxylation sites is 2. The van der Waals surface area contributed by atoms with Gasteiger partial charge in [0.2, 0.25) is 0 Å². The second-order valence-electron chi connectivity index (χ2n) is 5.18. The second-order valence-corrected chi connectivity index (χ2v) is 5.18. The fourth-order valence-corrected chi connectivity index (χ4v) is 2.91. The first-order valence-electron chi connectivity index (χ1n) is 7.06. The summed E-state index contributed by atoms with van der Waals surface area (Å²) in [5, 5.41) is 0. The number of aromatic amines is 1. The van der Waals surface area contributed by atoms with Gasteiger partial charge in [-0.25, -0.2) is 4.98 Å².